The minimum absolute atomic E-state index is 0.535. The standard InChI is InChI=1S/C37H19N5S/c38-20-22-9-13-31-25(17-22)26-18-23(21-39)10-14-32(26)42(31)24-11-12-28-34(19-24)43-33-8-2-1-5-27(33)37(28)29-6-3-15-40-35(29)36-30(37)7-4-16-41-36/h1-19H. The third-order valence-electron chi connectivity index (χ3n) is 8.81. The molecule has 0 bridgehead atoms. The molecule has 7 aromatic rings. The number of aromatic nitrogens is 3. The molecule has 0 radical (unpaired) electrons. The van der Waals surface area contributed by atoms with E-state index in [-0.39, 0.29) is 0 Å². The van der Waals surface area contributed by atoms with Crippen LogP contribution in [0.15, 0.2) is 125 Å². The van der Waals surface area contributed by atoms with Gasteiger partial charge >= 0.3 is 0 Å². The van der Waals surface area contributed by atoms with Gasteiger partial charge in [-0.1, -0.05) is 48.2 Å². The van der Waals surface area contributed by atoms with Crippen LogP contribution >= 0.6 is 11.8 Å². The van der Waals surface area contributed by atoms with Gasteiger partial charge in [0.15, 0.2) is 0 Å². The van der Waals surface area contributed by atoms with Crippen LogP contribution in [0.3, 0.4) is 0 Å². The summed E-state index contributed by atoms with van der Waals surface area (Å²) in [5.41, 5.74) is 10.3. The van der Waals surface area contributed by atoms with E-state index in [9.17, 15) is 10.5 Å². The molecule has 0 atom stereocenters. The second kappa shape index (κ2) is 8.66. The number of nitrogens with zero attached hydrogens (tertiary/aromatic N) is 5. The summed E-state index contributed by atoms with van der Waals surface area (Å²) in [6.07, 6.45) is 3.70. The molecule has 0 saturated heterocycles. The maximum Gasteiger partial charge on any atom is 0.0991 e. The number of hydrogen-bond donors (Lipinski definition) is 0. The quantitative estimate of drug-likeness (QED) is 0.201. The zero-order chi connectivity index (χ0) is 28.7. The van der Waals surface area contributed by atoms with Gasteiger partial charge in [-0.3, -0.25) is 9.97 Å². The fourth-order valence-electron chi connectivity index (χ4n) is 7.13. The SMILES string of the molecule is N#Cc1ccc2c(c1)c1cc(C#N)ccc1n2-c1ccc2c(c1)Sc1ccccc1C21c2cccnc2-c2ncccc21. The van der Waals surface area contributed by atoms with Crippen LogP contribution in [0.4, 0.5) is 0 Å². The predicted molar refractivity (Wildman–Crippen MR) is 167 cm³/mol. The lowest BCUT2D eigenvalue weighted by Crippen LogP contribution is -2.32. The van der Waals surface area contributed by atoms with Crippen molar-refractivity contribution in [2.24, 2.45) is 0 Å². The average molecular weight is 566 g/mol. The molecule has 0 amide bonds. The van der Waals surface area contributed by atoms with Gasteiger partial charge in [-0.05, 0) is 89.0 Å². The highest BCUT2D eigenvalue weighted by Gasteiger charge is 2.51. The summed E-state index contributed by atoms with van der Waals surface area (Å²) < 4.78 is 2.24. The normalized spacial score (nSPS) is 13.6. The van der Waals surface area contributed by atoms with Crippen LogP contribution in [0.25, 0.3) is 38.9 Å². The zero-order valence-corrected chi connectivity index (χ0v) is 23.4. The van der Waals surface area contributed by atoms with Gasteiger partial charge in [-0.15, -0.1) is 0 Å². The minimum Gasteiger partial charge on any atom is -0.309 e. The number of hydrogen-bond acceptors (Lipinski definition) is 5. The van der Waals surface area contributed by atoms with Crippen LogP contribution in [0.2, 0.25) is 0 Å². The Morgan fingerprint density at radius 3 is 1.79 bits per heavy atom. The van der Waals surface area contributed by atoms with E-state index in [1.807, 2.05) is 60.9 Å². The van der Waals surface area contributed by atoms with Crippen molar-refractivity contribution in [3.8, 4) is 29.2 Å². The number of benzene rings is 4. The van der Waals surface area contributed by atoms with Gasteiger partial charge in [0.2, 0.25) is 0 Å². The smallest absolute Gasteiger partial charge is 0.0991 e. The molecule has 1 spiro atoms. The highest BCUT2D eigenvalue weighted by atomic mass is 32.2. The first-order chi connectivity index (χ1) is 21.2. The monoisotopic (exact) mass is 565 g/mol. The van der Waals surface area contributed by atoms with Crippen LogP contribution in [0, 0.1) is 22.7 Å². The maximum absolute atomic E-state index is 9.63. The van der Waals surface area contributed by atoms with E-state index in [1.54, 1.807) is 11.8 Å². The van der Waals surface area contributed by atoms with E-state index in [2.05, 4.69) is 71.3 Å². The van der Waals surface area contributed by atoms with Crippen LogP contribution in [0.1, 0.15) is 33.4 Å². The minimum atomic E-state index is -0.535. The highest BCUT2D eigenvalue weighted by molar-refractivity contribution is 7.99. The molecule has 1 aliphatic carbocycles. The van der Waals surface area contributed by atoms with Crippen molar-refractivity contribution in [2.75, 3.05) is 0 Å². The van der Waals surface area contributed by atoms with Gasteiger partial charge in [0.1, 0.15) is 0 Å². The molecule has 0 saturated carbocycles. The van der Waals surface area contributed by atoms with Gasteiger partial charge in [0.05, 0.1) is 51.1 Å². The molecule has 1 aliphatic heterocycles. The number of pyridine rings is 2. The van der Waals surface area contributed by atoms with Crippen molar-refractivity contribution in [2.45, 2.75) is 15.2 Å². The second-order valence-electron chi connectivity index (χ2n) is 10.9. The lowest BCUT2D eigenvalue weighted by Gasteiger charge is -2.39. The molecule has 9 rings (SSSR count). The molecule has 3 aromatic heterocycles. The van der Waals surface area contributed by atoms with E-state index < -0.39 is 5.41 Å². The van der Waals surface area contributed by atoms with E-state index in [1.165, 1.54) is 20.9 Å². The van der Waals surface area contributed by atoms with E-state index in [0.717, 1.165) is 50.0 Å². The Hall–Kier alpha value is -5.69. The van der Waals surface area contributed by atoms with Crippen LogP contribution in [-0.4, -0.2) is 14.5 Å². The first-order valence-corrected chi connectivity index (χ1v) is 14.8. The maximum atomic E-state index is 9.63. The first kappa shape index (κ1) is 24.0. The molecular weight excluding hydrogens is 547 g/mol. The summed E-state index contributed by atoms with van der Waals surface area (Å²) >= 11 is 1.79. The second-order valence-corrected chi connectivity index (χ2v) is 11.9. The van der Waals surface area contributed by atoms with Crippen LogP contribution in [-0.2, 0) is 5.41 Å². The summed E-state index contributed by atoms with van der Waals surface area (Å²) in [7, 11) is 0. The summed E-state index contributed by atoms with van der Waals surface area (Å²) in [5, 5.41) is 21.2. The molecule has 0 N–H and O–H groups in total. The summed E-state index contributed by atoms with van der Waals surface area (Å²) in [6, 6.07) is 39.9. The first-order valence-electron chi connectivity index (χ1n) is 13.9. The molecule has 0 unspecified atom stereocenters. The summed E-state index contributed by atoms with van der Waals surface area (Å²) in [4.78, 5) is 12.0. The van der Waals surface area contributed by atoms with Gasteiger partial charge in [0.25, 0.3) is 0 Å². The molecule has 4 aromatic carbocycles. The third kappa shape index (κ3) is 3.05. The molecule has 6 heteroatoms. The Bertz CT molecular complexity index is 2310. The Labute approximate surface area is 251 Å². The van der Waals surface area contributed by atoms with Crippen molar-refractivity contribution < 1.29 is 0 Å². The molecular formula is C37H19N5S. The fourth-order valence-corrected chi connectivity index (χ4v) is 8.36. The number of nitriles is 2. The van der Waals surface area contributed by atoms with Crippen molar-refractivity contribution in [1.29, 1.82) is 10.5 Å². The lowest BCUT2D eigenvalue weighted by atomic mass is 9.67. The molecule has 0 fully saturated rings. The predicted octanol–water partition coefficient (Wildman–Crippen LogP) is 8.14. The van der Waals surface area contributed by atoms with Crippen molar-refractivity contribution >= 4 is 33.6 Å². The summed E-state index contributed by atoms with van der Waals surface area (Å²) in [6.45, 7) is 0. The van der Waals surface area contributed by atoms with E-state index in [4.69, 9.17) is 9.97 Å². The van der Waals surface area contributed by atoms with Crippen LogP contribution in [0.5, 0.6) is 0 Å². The lowest BCUT2D eigenvalue weighted by molar-refractivity contribution is 0.719. The zero-order valence-electron chi connectivity index (χ0n) is 22.6. The number of fused-ring (bicyclic) bond motifs is 12. The Morgan fingerprint density at radius 1 is 0.581 bits per heavy atom. The molecule has 198 valence electrons. The van der Waals surface area contributed by atoms with Crippen LogP contribution < -0.4 is 0 Å². The third-order valence-corrected chi connectivity index (χ3v) is 9.94. The number of rotatable bonds is 1. The topological polar surface area (TPSA) is 78.3 Å². The largest absolute Gasteiger partial charge is 0.309 e. The van der Waals surface area contributed by atoms with Crippen molar-refractivity contribution in [3.63, 3.8) is 0 Å². The van der Waals surface area contributed by atoms with Gasteiger partial charge < -0.3 is 4.57 Å². The van der Waals surface area contributed by atoms with Gasteiger partial charge in [0, 0.05) is 38.6 Å². The highest BCUT2D eigenvalue weighted by Crippen LogP contribution is 2.61. The fraction of sp³-hybridized carbons (Fsp3) is 0.0270. The molecule has 2 aliphatic rings. The summed E-state index contributed by atoms with van der Waals surface area (Å²) in [5.74, 6) is 0. The van der Waals surface area contributed by atoms with Crippen molar-refractivity contribution in [1.82, 2.24) is 14.5 Å². The Morgan fingerprint density at radius 2 is 1.16 bits per heavy atom. The Kier molecular flexibility index (Phi) is 4.82. The molecule has 4 heterocycles. The molecule has 5 nitrogen and oxygen atoms in total. The van der Waals surface area contributed by atoms with Gasteiger partial charge in [-0.2, -0.15) is 10.5 Å². The molecule has 43 heavy (non-hydrogen) atoms. The van der Waals surface area contributed by atoms with Gasteiger partial charge in [-0.25, -0.2) is 0 Å². The average Bonchev–Trinajstić information content (AvgIpc) is 3.55. The van der Waals surface area contributed by atoms with E-state index >= 15 is 0 Å². The van der Waals surface area contributed by atoms with E-state index in [0.29, 0.717) is 11.1 Å². The van der Waals surface area contributed by atoms with Crippen molar-refractivity contribution in [3.05, 3.63) is 149 Å². The Balaban J connectivity index is 1.36.